The molecule has 10 aromatic rings. The molecule has 3 heteroatoms. The molecule has 0 radical (unpaired) electrons. The zero-order valence-electron chi connectivity index (χ0n) is 30.5. The van der Waals surface area contributed by atoms with Gasteiger partial charge in [0.2, 0.25) is 0 Å². The third-order valence-electron chi connectivity index (χ3n) is 10.5. The van der Waals surface area contributed by atoms with Crippen LogP contribution in [0, 0.1) is 0 Å². The number of nitrogens with zero attached hydrogens (tertiary/aromatic N) is 3. The van der Waals surface area contributed by atoms with Crippen LogP contribution in [0.3, 0.4) is 0 Å². The number of hydrogen-bond donors (Lipinski definition) is 0. The summed E-state index contributed by atoms with van der Waals surface area (Å²) in [5.41, 5.74) is 12.0. The number of rotatable bonds is 7. The predicted octanol–water partition coefficient (Wildman–Crippen LogP) is 13.8. The molecule has 0 N–H and O–H groups in total. The van der Waals surface area contributed by atoms with Crippen molar-refractivity contribution >= 4 is 21.5 Å². The molecule has 56 heavy (non-hydrogen) atoms. The summed E-state index contributed by atoms with van der Waals surface area (Å²) in [4.78, 5) is 15.5. The van der Waals surface area contributed by atoms with Gasteiger partial charge in [-0.1, -0.05) is 188 Å². The van der Waals surface area contributed by atoms with Gasteiger partial charge in [0.1, 0.15) is 0 Å². The molecule has 0 saturated heterocycles. The minimum atomic E-state index is 0.624. The fourth-order valence-corrected chi connectivity index (χ4v) is 7.67. The van der Waals surface area contributed by atoms with Crippen molar-refractivity contribution in [2.75, 3.05) is 0 Å². The van der Waals surface area contributed by atoms with E-state index in [1.807, 2.05) is 6.07 Å². The Balaban J connectivity index is 1.12. The smallest absolute Gasteiger partial charge is 0.164 e. The second-order valence-electron chi connectivity index (χ2n) is 14.0. The van der Waals surface area contributed by atoms with Gasteiger partial charge < -0.3 is 0 Å². The molecule has 3 nitrogen and oxygen atoms in total. The van der Waals surface area contributed by atoms with E-state index in [9.17, 15) is 0 Å². The van der Waals surface area contributed by atoms with Gasteiger partial charge in [-0.25, -0.2) is 15.0 Å². The summed E-state index contributed by atoms with van der Waals surface area (Å²) in [6.45, 7) is 0. The van der Waals surface area contributed by atoms with Crippen molar-refractivity contribution in [1.82, 2.24) is 15.0 Å². The summed E-state index contributed by atoms with van der Waals surface area (Å²) in [6.07, 6.45) is 0. The van der Waals surface area contributed by atoms with Crippen LogP contribution in [0.15, 0.2) is 212 Å². The third-order valence-corrected chi connectivity index (χ3v) is 10.5. The Labute approximate surface area is 326 Å². The molecule has 1 aromatic heterocycles. The second kappa shape index (κ2) is 14.4. The molecule has 10 rings (SSSR count). The SMILES string of the molecule is c1ccc(-c2cccc(-c3nc(-c4cccc(-c5ccc(-c6ccc7ccccc7c6)cc5-c5ccccc5)c4)nc(-c4cccc5ccccc45)n3)c2)cc1. The molecular formula is C53H35N3. The Hall–Kier alpha value is -7.49. The van der Waals surface area contributed by atoms with Crippen LogP contribution in [-0.2, 0) is 0 Å². The summed E-state index contributed by atoms with van der Waals surface area (Å²) in [6, 6.07) is 74.8. The lowest BCUT2D eigenvalue weighted by atomic mass is 9.90. The molecule has 0 amide bonds. The van der Waals surface area contributed by atoms with Gasteiger partial charge in [0.15, 0.2) is 17.5 Å². The van der Waals surface area contributed by atoms with Crippen LogP contribution in [0.4, 0.5) is 0 Å². The first-order valence-electron chi connectivity index (χ1n) is 18.9. The number of fused-ring (bicyclic) bond motifs is 2. The number of hydrogen-bond acceptors (Lipinski definition) is 3. The standard InChI is InChI=1S/C53H35N3/c1-3-14-36(15-4-1)41-22-11-24-45(33-41)51-54-52(56-53(55-51)49-27-13-21-38-19-9-10-26-47(38)49)46-25-12-23-44(34-46)48-31-30-43(35-50(48)39-17-5-2-6-18-39)42-29-28-37-16-7-8-20-40(37)32-42/h1-35H. The minimum absolute atomic E-state index is 0.624. The lowest BCUT2D eigenvalue weighted by molar-refractivity contribution is 1.08. The molecule has 0 spiro atoms. The van der Waals surface area contributed by atoms with E-state index in [4.69, 9.17) is 15.0 Å². The lowest BCUT2D eigenvalue weighted by Crippen LogP contribution is -2.01. The summed E-state index contributed by atoms with van der Waals surface area (Å²) in [7, 11) is 0. The quantitative estimate of drug-likeness (QED) is 0.165. The van der Waals surface area contributed by atoms with Crippen molar-refractivity contribution in [3.63, 3.8) is 0 Å². The van der Waals surface area contributed by atoms with Crippen LogP contribution in [0.25, 0.3) is 100 Å². The maximum Gasteiger partial charge on any atom is 0.164 e. The van der Waals surface area contributed by atoms with Crippen LogP contribution < -0.4 is 0 Å². The van der Waals surface area contributed by atoms with Crippen molar-refractivity contribution in [2.45, 2.75) is 0 Å². The minimum Gasteiger partial charge on any atom is -0.208 e. The largest absolute Gasteiger partial charge is 0.208 e. The highest BCUT2D eigenvalue weighted by Crippen LogP contribution is 2.38. The fourth-order valence-electron chi connectivity index (χ4n) is 7.67. The second-order valence-corrected chi connectivity index (χ2v) is 14.0. The number of benzene rings is 9. The molecule has 0 saturated carbocycles. The first-order chi connectivity index (χ1) is 27.7. The van der Waals surface area contributed by atoms with Gasteiger partial charge in [-0.15, -0.1) is 0 Å². The molecule has 0 bridgehead atoms. The average molecular weight is 714 g/mol. The van der Waals surface area contributed by atoms with Crippen molar-refractivity contribution in [1.29, 1.82) is 0 Å². The van der Waals surface area contributed by atoms with Crippen LogP contribution in [0.5, 0.6) is 0 Å². The Bertz CT molecular complexity index is 3020. The Morgan fingerprint density at radius 2 is 0.714 bits per heavy atom. The number of aromatic nitrogens is 3. The zero-order valence-corrected chi connectivity index (χ0v) is 30.5. The van der Waals surface area contributed by atoms with Gasteiger partial charge >= 0.3 is 0 Å². The van der Waals surface area contributed by atoms with Crippen LogP contribution in [-0.4, -0.2) is 15.0 Å². The fraction of sp³-hybridized carbons (Fsp3) is 0. The van der Waals surface area contributed by atoms with Crippen LogP contribution >= 0.6 is 0 Å². The lowest BCUT2D eigenvalue weighted by Gasteiger charge is -2.15. The van der Waals surface area contributed by atoms with Crippen molar-refractivity contribution in [2.24, 2.45) is 0 Å². The van der Waals surface area contributed by atoms with Gasteiger partial charge in [0.25, 0.3) is 0 Å². The molecule has 0 unspecified atom stereocenters. The van der Waals surface area contributed by atoms with E-state index < -0.39 is 0 Å². The van der Waals surface area contributed by atoms with Gasteiger partial charge in [0, 0.05) is 16.7 Å². The molecule has 0 aliphatic carbocycles. The zero-order chi connectivity index (χ0) is 37.3. The van der Waals surface area contributed by atoms with Crippen molar-refractivity contribution < 1.29 is 0 Å². The summed E-state index contributed by atoms with van der Waals surface area (Å²) in [5, 5.41) is 4.71. The first kappa shape index (κ1) is 33.1. The van der Waals surface area contributed by atoms with Crippen LogP contribution in [0.2, 0.25) is 0 Å². The van der Waals surface area contributed by atoms with E-state index in [2.05, 4.69) is 206 Å². The van der Waals surface area contributed by atoms with Gasteiger partial charge in [-0.05, 0) is 90.3 Å². The molecule has 0 fully saturated rings. The summed E-state index contributed by atoms with van der Waals surface area (Å²) in [5.74, 6) is 1.90. The van der Waals surface area contributed by atoms with E-state index >= 15 is 0 Å². The molecule has 262 valence electrons. The van der Waals surface area contributed by atoms with Gasteiger partial charge in [-0.3, -0.25) is 0 Å². The Kier molecular flexibility index (Phi) is 8.51. The third kappa shape index (κ3) is 6.42. The molecule has 0 aliphatic rings. The first-order valence-corrected chi connectivity index (χ1v) is 18.9. The Morgan fingerprint density at radius 1 is 0.214 bits per heavy atom. The van der Waals surface area contributed by atoms with E-state index in [0.717, 1.165) is 55.3 Å². The highest BCUT2D eigenvalue weighted by Gasteiger charge is 2.17. The Morgan fingerprint density at radius 3 is 1.48 bits per heavy atom. The predicted molar refractivity (Wildman–Crippen MR) is 233 cm³/mol. The van der Waals surface area contributed by atoms with E-state index in [1.165, 1.54) is 27.5 Å². The van der Waals surface area contributed by atoms with E-state index in [1.54, 1.807) is 0 Å². The molecular weight excluding hydrogens is 679 g/mol. The molecule has 0 aliphatic heterocycles. The molecule has 1 heterocycles. The maximum absolute atomic E-state index is 5.20. The summed E-state index contributed by atoms with van der Waals surface area (Å²) >= 11 is 0. The van der Waals surface area contributed by atoms with Crippen molar-refractivity contribution in [3.05, 3.63) is 212 Å². The average Bonchev–Trinajstić information content (AvgIpc) is 3.29. The molecule has 9 aromatic carbocycles. The monoisotopic (exact) mass is 713 g/mol. The van der Waals surface area contributed by atoms with E-state index in [-0.39, 0.29) is 0 Å². The van der Waals surface area contributed by atoms with Gasteiger partial charge in [-0.2, -0.15) is 0 Å². The van der Waals surface area contributed by atoms with Gasteiger partial charge in [0.05, 0.1) is 0 Å². The molecule has 0 atom stereocenters. The van der Waals surface area contributed by atoms with Crippen LogP contribution in [0.1, 0.15) is 0 Å². The summed E-state index contributed by atoms with van der Waals surface area (Å²) < 4.78 is 0. The van der Waals surface area contributed by atoms with Crippen molar-refractivity contribution in [3.8, 4) is 78.7 Å². The highest BCUT2D eigenvalue weighted by molar-refractivity contribution is 5.96. The highest BCUT2D eigenvalue weighted by atomic mass is 15.0. The maximum atomic E-state index is 5.20. The normalized spacial score (nSPS) is 11.2. The van der Waals surface area contributed by atoms with E-state index in [0.29, 0.717) is 17.5 Å². The topological polar surface area (TPSA) is 38.7 Å².